The predicted molar refractivity (Wildman–Crippen MR) is 117 cm³/mol. The summed E-state index contributed by atoms with van der Waals surface area (Å²) in [7, 11) is 6.83. The first-order valence-corrected chi connectivity index (χ1v) is 10.8. The smallest absolute Gasteiger partial charge is 0.230 e. The molecule has 0 spiro atoms. The van der Waals surface area contributed by atoms with E-state index < -0.39 is 64.7 Å². The number of nitrogens with two attached hydrogens (primary N) is 1. The van der Waals surface area contributed by atoms with Crippen LogP contribution in [0.1, 0.15) is 22.3 Å². The van der Waals surface area contributed by atoms with Gasteiger partial charge in [-0.25, -0.2) is 0 Å². The van der Waals surface area contributed by atoms with Gasteiger partial charge in [0, 0.05) is 31.7 Å². The van der Waals surface area contributed by atoms with E-state index in [0.29, 0.717) is 5.56 Å². The van der Waals surface area contributed by atoms with E-state index in [1.807, 2.05) is 0 Å². The summed E-state index contributed by atoms with van der Waals surface area (Å²) in [5.74, 6) is -8.94. The Morgan fingerprint density at radius 1 is 1.12 bits per heavy atom. The molecule has 2 saturated carbocycles. The number of likely N-dealkylation sites (N-methyl/N-ethyl adjacent to an activating group) is 1. The Kier molecular flexibility index (Phi) is 5.38. The van der Waals surface area contributed by atoms with Gasteiger partial charge < -0.3 is 30.9 Å². The van der Waals surface area contributed by atoms with Crippen molar-refractivity contribution in [3.05, 3.63) is 23.3 Å². The third-order valence-corrected chi connectivity index (χ3v) is 7.63. The molecule has 178 valence electrons. The fourth-order valence-electron chi connectivity index (χ4n) is 6.22. The average molecular weight is 459 g/mol. The minimum atomic E-state index is -2.64. The molecule has 4 rings (SSSR count). The minimum Gasteiger partial charge on any atom is -0.507 e. The molecule has 0 saturated heterocycles. The van der Waals surface area contributed by atoms with E-state index in [9.17, 15) is 34.5 Å². The number of amides is 1. The first-order valence-electron chi connectivity index (χ1n) is 10.8. The van der Waals surface area contributed by atoms with Crippen molar-refractivity contribution in [1.82, 2.24) is 4.90 Å². The van der Waals surface area contributed by atoms with Gasteiger partial charge in [-0.15, -0.1) is 0 Å². The molecular weight excluding hydrogens is 430 g/mol. The molecule has 10 heteroatoms. The van der Waals surface area contributed by atoms with Crippen LogP contribution >= 0.6 is 0 Å². The third-order valence-electron chi connectivity index (χ3n) is 7.63. The van der Waals surface area contributed by atoms with Gasteiger partial charge in [0.15, 0.2) is 23.0 Å². The van der Waals surface area contributed by atoms with E-state index in [1.54, 1.807) is 44.1 Å². The Morgan fingerprint density at radius 2 is 1.76 bits per heavy atom. The molecule has 0 aromatic heterocycles. The van der Waals surface area contributed by atoms with Gasteiger partial charge >= 0.3 is 0 Å². The van der Waals surface area contributed by atoms with Crippen LogP contribution < -0.4 is 10.6 Å². The average Bonchev–Trinajstić information content (AvgIpc) is 2.70. The van der Waals surface area contributed by atoms with Crippen molar-refractivity contribution in [2.45, 2.75) is 30.6 Å². The Labute approximate surface area is 191 Å². The molecule has 0 aliphatic heterocycles. The first kappa shape index (κ1) is 23.3. The molecule has 10 nitrogen and oxygen atoms in total. The number of nitrogens with zero attached hydrogens (tertiary/aromatic N) is 2. The van der Waals surface area contributed by atoms with Gasteiger partial charge in [-0.2, -0.15) is 0 Å². The summed E-state index contributed by atoms with van der Waals surface area (Å²) in [6.45, 7) is 0. The lowest BCUT2D eigenvalue weighted by molar-refractivity contribution is -0.190. The molecule has 5 N–H and O–H groups in total. The number of hydrogen-bond donors (Lipinski definition) is 4. The van der Waals surface area contributed by atoms with Crippen LogP contribution in [0.5, 0.6) is 5.75 Å². The maximum Gasteiger partial charge on any atom is 0.230 e. The van der Waals surface area contributed by atoms with E-state index in [-0.39, 0.29) is 24.2 Å². The molecule has 0 radical (unpaired) electrons. The van der Waals surface area contributed by atoms with Gasteiger partial charge in [0.25, 0.3) is 0 Å². The van der Waals surface area contributed by atoms with E-state index >= 15 is 0 Å². The largest absolute Gasteiger partial charge is 0.507 e. The summed E-state index contributed by atoms with van der Waals surface area (Å²) in [5.41, 5.74) is 4.05. The van der Waals surface area contributed by atoms with Crippen LogP contribution in [0, 0.1) is 23.7 Å². The van der Waals surface area contributed by atoms with Crippen molar-refractivity contribution in [1.29, 1.82) is 0 Å². The number of aromatic hydroxyl groups is 1. The van der Waals surface area contributed by atoms with Crippen LogP contribution in [0.3, 0.4) is 0 Å². The van der Waals surface area contributed by atoms with Gasteiger partial charge in [-0.05, 0) is 50.6 Å². The fourth-order valence-corrected chi connectivity index (χ4v) is 6.22. The lowest BCUT2D eigenvalue weighted by Gasteiger charge is -2.54. The fraction of sp³-hybridized carbons (Fsp3) is 0.565. The summed E-state index contributed by atoms with van der Waals surface area (Å²) in [6, 6.07) is 2.16. The van der Waals surface area contributed by atoms with Crippen molar-refractivity contribution in [3.63, 3.8) is 0 Å². The van der Waals surface area contributed by atoms with E-state index in [4.69, 9.17) is 5.73 Å². The third kappa shape index (κ3) is 3.04. The Balaban J connectivity index is 1.88. The second-order valence-corrected chi connectivity index (χ2v) is 9.82. The lowest BCUT2D eigenvalue weighted by atomic mass is 9.52. The van der Waals surface area contributed by atoms with Crippen LogP contribution in [-0.4, -0.2) is 89.4 Å². The maximum absolute atomic E-state index is 13.7. The van der Waals surface area contributed by atoms with E-state index in [2.05, 4.69) is 0 Å². The van der Waals surface area contributed by atoms with Crippen molar-refractivity contribution in [2.24, 2.45) is 29.4 Å². The first-order chi connectivity index (χ1) is 15.3. The normalized spacial score (nSPS) is 35.7. The Bertz CT molecular complexity index is 1070. The molecule has 2 fully saturated rings. The predicted octanol–water partition coefficient (Wildman–Crippen LogP) is -1.28. The van der Waals surface area contributed by atoms with Gasteiger partial charge in [-0.1, -0.05) is 0 Å². The molecule has 1 amide bonds. The highest BCUT2D eigenvalue weighted by Crippen LogP contribution is 2.52. The number of anilines is 1. The van der Waals surface area contributed by atoms with Gasteiger partial charge in [0.1, 0.15) is 11.7 Å². The highest BCUT2D eigenvalue weighted by molar-refractivity contribution is 6.25. The number of hydrogen-bond acceptors (Lipinski definition) is 9. The molecule has 0 heterocycles. The molecule has 7 atom stereocenters. The van der Waals surface area contributed by atoms with Gasteiger partial charge in [-0.3, -0.25) is 19.2 Å². The number of Topliss-reactive ketones (excluding diaryl/α,β-unsaturated/α-hetero) is 3. The zero-order valence-electron chi connectivity index (χ0n) is 19.0. The van der Waals surface area contributed by atoms with E-state index in [1.165, 1.54) is 6.07 Å². The maximum atomic E-state index is 13.7. The second kappa shape index (κ2) is 7.61. The standard InChI is InChI=1S/C23H29N3O7/c1-25(2)12-5-6-13(27)15-10(12)7-9-8-11-17(26(3)4)19(29)16(22(24)32)21(31)23(11,33)20(30)14(9)18(15)28/h5-6,9,11,14,16-17,19,27,29,33H,7-8H2,1-4H3,(H2,24,32)/t9-,11-,14?,16?,17-,19?,23-/m0/s1. The quantitative estimate of drug-likeness (QED) is 0.404. The number of rotatable bonds is 3. The summed E-state index contributed by atoms with van der Waals surface area (Å²) in [5, 5.41) is 32.8. The molecule has 3 aliphatic rings. The molecule has 1 aromatic carbocycles. The Morgan fingerprint density at radius 3 is 2.30 bits per heavy atom. The Hall–Kier alpha value is -2.82. The lowest BCUT2D eigenvalue weighted by Crippen LogP contribution is -2.75. The van der Waals surface area contributed by atoms with Crippen LogP contribution in [0.15, 0.2) is 12.1 Å². The van der Waals surface area contributed by atoms with Crippen LogP contribution in [-0.2, 0) is 20.8 Å². The molecule has 3 unspecified atom stereocenters. The zero-order chi connectivity index (χ0) is 24.6. The number of carbonyl (C=O) groups excluding carboxylic acids is 4. The number of aliphatic hydroxyl groups is 2. The SMILES string of the molecule is CN(C)c1ccc(O)c2c1C[C@H]1C[C@H]3[C@H](N(C)C)C(O)C(C(N)=O)C(=O)[C@@]3(O)C(=O)C1C2=O. The molecule has 0 bridgehead atoms. The number of primary amides is 1. The summed E-state index contributed by atoms with van der Waals surface area (Å²) < 4.78 is 0. The van der Waals surface area contributed by atoms with Crippen molar-refractivity contribution in [2.75, 3.05) is 33.1 Å². The van der Waals surface area contributed by atoms with Crippen molar-refractivity contribution < 1.29 is 34.5 Å². The van der Waals surface area contributed by atoms with Crippen molar-refractivity contribution >= 4 is 28.9 Å². The van der Waals surface area contributed by atoms with Crippen molar-refractivity contribution in [3.8, 4) is 5.75 Å². The number of ketones is 3. The summed E-state index contributed by atoms with van der Waals surface area (Å²) >= 11 is 0. The molecule has 33 heavy (non-hydrogen) atoms. The zero-order valence-corrected chi connectivity index (χ0v) is 19.0. The van der Waals surface area contributed by atoms with Gasteiger partial charge in [0.05, 0.1) is 17.6 Å². The highest BCUT2D eigenvalue weighted by Gasteiger charge is 2.69. The number of phenolic OH excluding ortho intramolecular Hbond substituents is 1. The summed E-state index contributed by atoms with van der Waals surface area (Å²) in [6.07, 6.45) is -1.14. The number of fused-ring (bicyclic) bond motifs is 3. The molecule has 1 aromatic rings. The second-order valence-electron chi connectivity index (χ2n) is 9.82. The van der Waals surface area contributed by atoms with Crippen LogP contribution in [0.25, 0.3) is 0 Å². The minimum absolute atomic E-state index is 0.0109. The highest BCUT2D eigenvalue weighted by atomic mass is 16.3. The monoisotopic (exact) mass is 459 g/mol. The summed E-state index contributed by atoms with van der Waals surface area (Å²) in [4.78, 5) is 55.8. The van der Waals surface area contributed by atoms with Gasteiger partial charge in [0.2, 0.25) is 5.91 Å². The number of aliphatic hydroxyl groups excluding tert-OH is 1. The molecule has 3 aliphatic carbocycles. The number of phenols is 1. The van der Waals surface area contributed by atoms with Crippen LogP contribution in [0.2, 0.25) is 0 Å². The topological polar surface area (TPSA) is 161 Å². The molecular formula is C23H29N3O7. The number of benzene rings is 1. The number of carbonyl (C=O) groups is 4. The van der Waals surface area contributed by atoms with Crippen LogP contribution in [0.4, 0.5) is 5.69 Å². The van der Waals surface area contributed by atoms with E-state index in [0.717, 1.165) is 5.69 Å².